The minimum atomic E-state index is -0.152. The molecule has 0 radical (unpaired) electrons. The topological polar surface area (TPSA) is 38.3 Å². The Morgan fingerprint density at radius 3 is 3.14 bits per heavy atom. The van der Waals surface area contributed by atoms with Gasteiger partial charge in [-0.25, -0.2) is 0 Å². The Balaban J connectivity index is 2.16. The molecule has 74 valence electrons. The molecular formula is C11H13NO2. The van der Waals surface area contributed by atoms with Crippen LogP contribution in [0.2, 0.25) is 0 Å². The van der Waals surface area contributed by atoms with Crippen molar-refractivity contribution < 1.29 is 9.53 Å². The van der Waals surface area contributed by atoms with Crippen LogP contribution in [0.3, 0.4) is 0 Å². The van der Waals surface area contributed by atoms with Gasteiger partial charge in [0, 0.05) is 12.1 Å². The standard InChI is InChI=1S/C11H13NO2/c1-2-12-7-8-3-4-10-9(5-8)6-11(13)14-10/h3-5,12H,2,6-7H2,1H3. The van der Waals surface area contributed by atoms with Crippen LogP contribution in [0.15, 0.2) is 18.2 Å². The van der Waals surface area contributed by atoms with E-state index in [0.29, 0.717) is 6.42 Å². The fourth-order valence-electron chi connectivity index (χ4n) is 1.56. The maximum Gasteiger partial charge on any atom is 0.315 e. The molecule has 0 aromatic heterocycles. The summed E-state index contributed by atoms with van der Waals surface area (Å²) in [4.78, 5) is 11.0. The van der Waals surface area contributed by atoms with Crippen LogP contribution in [0, 0.1) is 0 Å². The van der Waals surface area contributed by atoms with E-state index in [2.05, 4.69) is 12.2 Å². The zero-order valence-corrected chi connectivity index (χ0v) is 8.17. The molecule has 0 unspecified atom stereocenters. The van der Waals surface area contributed by atoms with Crippen LogP contribution in [-0.2, 0) is 17.8 Å². The number of hydrogen-bond acceptors (Lipinski definition) is 3. The van der Waals surface area contributed by atoms with Gasteiger partial charge in [-0.15, -0.1) is 0 Å². The van der Waals surface area contributed by atoms with Gasteiger partial charge in [-0.05, 0) is 18.2 Å². The van der Waals surface area contributed by atoms with Crippen LogP contribution in [0.5, 0.6) is 5.75 Å². The average molecular weight is 191 g/mol. The quantitative estimate of drug-likeness (QED) is 0.577. The maximum atomic E-state index is 11.0. The molecule has 0 fully saturated rings. The number of ether oxygens (including phenoxy) is 1. The van der Waals surface area contributed by atoms with Crippen molar-refractivity contribution in [2.75, 3.05) is 6.54 Å². The number of esters is 1. The summed E-state index contributed by atoms with van der Waals surface area (Å²) >= 11 is 0. The van der Waals surface area contributed by atoms with Gasteiger partial charge in [-0.2, -0.15) is 0 Å². The van der Waals surface area contributed by atoms with E-state index in [1.54, 1.807) is 0 Å². The van der Waals surface area contributed by atoms with Crippen molar-refractivity contribution in [3.63, 3.8) is 0 Å². The van der Waals surface area contributed by atoms with Crippen molar-refractivity contribution in [2.45, 2.75) is 19.9 Å². The average Bonchev–Trinajstić information content (AvgIpc) is 2.54. The van der Waals surface area contributed by atoms with E-state index in [1.165, 1.54) is 5.56 Å². The summed E-state index contributed by atoms with van der Waals surface area (Å²) in [6, 6.07) is 5.88. The lowest BCUT2D eigenvalue weighted by Crippen LogP contribution is -2.11. The zero-order chi connectivity index (χ0) is 9.97. The highest BCUT2D eigenvalue weighted by atomic mass is 16.5. The molecular weight excluding hydrogens is 178 g/mol. The summed E-state index contributed by atoms with van der Waals surface area (Å²) in [6.45, 7) is 3.87. The van der Waals surface area contributed by atoms with Crippen molar-refractivity contribution in [1.29, 1.82) is 0 Å². The Labute approximate surface area is 83.1 Å². The number of fused-ring (bicyclic) bond motifs is 1. The van der Waals surface area contributed by atoms with Crippen LogP contribution in [-0.4, -0.2) is 12.5 Å². The third kappa shape index (κ3) is 1.77. The Kier molecular flexibility index (Phi) is 2.50. The summed E-state index contributed by atoms with van der Waals surface area (Å²) in [5.41, 5.74) is 2.20. The lowest BCUT2D eigenvalue weighted by molar-refractivity contribution is -0.131. The summed E-state index contributed by atoms with van der Waals surface area (Å²) in [5.74, 6) is 0.566. The predicted molar refractivity (Wildman–Crippen MR) is 53.2 cm³/mol. The number of rotatable bonds is 3. The number of hydrogen-bond donors (Lipinski definition) is 1. The lowest BCUT2D eigenvalue weighted by atomic mass is 10.1. The van der Waals surface area contributed by atoms with E-state index in [4.69, 9.17) is 4.74 Å². The molecule has 0 amide bonds. The molecule has 0 saturated heterocycles. The van der Waals surface area contributed by atoms with E-state index in [9.17, 15) is 4.79 Å². The van der Waals surface area contributed by atoms with Gasteiger partial charge < -0.3 is 10.1 Å². The molecule has 0 spiro atoms. The summed E-state index contributed by atoms with van der Waals surface area (Å²) in [7, 11) is 0. The molecule has 3 heteroatoms. The first kappa shape index (κ1) is 9.21. The minimum absolute atomic E-state index is 0.152. The fourth-order valence-corrected chi connectivity index (χ4v) is 1.56. The van der Waals surface area contributed by atoms with Gasteiger partial charge in [-0.3, -0.25) is 4.79 Å². The molecule has 0 atom stereocenters. The first-order valence-electron chi connectivity index (χ1n) is 4.83. The third-order valence-corrected chi connectivity index (χ3v) is 2.26. The molecule has 1 heterocycles. The highest BCUT2D eigenvalue weighted by Gasteiger charge is 2.19. The zero-order valence-electron chi connectivity index (χ0n) is 8.17. The Bertz CT molecular complexity index is 360. The predicted octanol–water partition coefficient (Wildman–Crippen LogP) is 1.26. The van der Waals surface area contributed by atoms with Crippen molar-refractivity contribution in [1.82, 2.24) is 5.32 Å². The van der Waals surface area contributed by atoms with Crippen molar-refractivity contribution in [2.24, 2.45) is 0 Å². The van der Waals surface area contributed by atoms with Crippen LogP contribution in [0.25, 0.3) is 0 Å². The number of carbonyl (C=O) groups excluding carboxylic acids is 1. The fraction of sp³-hybridized carbons (Fsp3) is 0.364. The molecule has 3 nitrogen and oxygen atoms in total. The molecule has 2 rings (SSSR count). The molecule has 14 heavy (non-hydrogen) atoms. The van der Waals surface area contributed by atoms with Crippen LogP contribution >= 0.6 is 0 Å². The number of benzene rings is 1. The largest absolute Gasteiger partial charge is 0.426 e. The van der Waals surface area contributed by atoms with E-state index in [-0.39, 0.29) is 5.97 Å². The minimum Gasteiger partial charge on any atom is -0.426 e. The molecule has 1 N–H and O–H groups in total. The van der Waals surface area contributed by atoms with Crippen molar-refractivity contribution in [3.8, 4) is 5.75 Å². The van der Waals surface area contributed by atoms with Gasteiger partial charge in [0.05, 0.1) is 6.42 Å². The summed E-state index contributed by atoms with van der Waals surface area (Å²) in [6.07, 6.45) is 0.412. The van der Waals surface area contributed by atoms with Gasteiger partial charge in [-0.1, -0.05) is 19.1 Å². The molecule has 1 aromatic rings. The second kappa shape index (κ2) is 3.80. The smallest absolute Gasteiger partial charge is 0.315 e. The highest BCUT2D eigenvalue weighted by Crippen LogP contribution is 2.26. The highest BCUT2D eigenvalue weighted by molar-refractivity contribution is 5.81. The van der Waals surface area contributed by atoms with Crippen molar-refractivity contribution >= 4 is 5.97 Å². The first-order chi connectivity index (χ1) is 6.79. The third-order valence-electron chi connectivity index (χ3n) is 2.26. The molecule has 0 aliphatic carbocycles. The van der Waals surface area contributed by atoms with E-state index in [0.717, 1.165) is 24.4 Å². The van der Waals surface area contributed by atoms with Gasteiger partial charge in [0.2, 0.25) is 0 Å². The van der Waals surface area contributed by atoms with E-state index in [1.807, 2.05) is 18.2 Å². The summed E-state index contributed by atoms with van der Waals surface area (Å²) < 4.78 is 5.01. The second-order valence-electron chi connectivity index (χ2n) is 3.37. The van der Waals surface area contributed by atoms with Crippen LogP contribution in [0.4, 0.5) is 0 Å². The summed E-state index contributed by atoms with van der Waals surface area (Å²) in [5, 5.41) is 3.24. The lowest BCUT2D eigenvalue weighted by Gasteiger charge is -2.03. The Morgan fingerprint density at radius 1 is 1.50 bits per heavy atom. The maximum absolute atomic E-state index is 11.0. The van der Waals surface area contributed by atoms with Crippen LogP contribution in [0.1, 0.15) is 18.1 Å². The van der Waals surface area contributed by atoms with Crippen LogP contribution < -0.4 is 10.1 Å². The Hall–Kier alpha value is -1.35. The number of carbonyl (C=O) groups is 1. The monoisotopic (exact) mass is 191 g/mol. The molecule has 1 aliphatic heterocycles. The molecule has 1 aromatic carbocycles. The van der Waals surface area contributed by atoms with Crippen molar-refractivity contribution in [3.05, 3.63) is 29.3 Å². The van der Waals surface area contributed by atoms with E-state index < -0.39 is 0 Å². The second-order valence-corrected chi connectivity index (χ2v) is 3.37. The van der Waals surface area contributed by atoms with Gasteiger partial charge >= 0.3 is 5.97 Å². The SMILES string of the molecule is CCNCc1ccc2c(c1)CC(=O)O2. The van der Waals surface area contributed by atoms with E-state index >= 15 is 0 Å². The normalized spacial score (nSPS) is 13.9. The molecule has 0 saturated carbocycles. The molecule has 0 bridgehead atoms. The first-order valence-corrected chi connectivity index (χ1v) is 4.83. The Morgan fingerprint density at radius 2 is 2.36 bits per heavy atom. The molecule has 1 aliphatic rings. The van der Waals surface area contributed by atoms with Gasteiger partial charge in [0.25, 0.3) is 0 Å². The number of nitrogens with one attached hydrogen (secondary N) is 1. The van der Waals surface area contributed by atoms with Gasteiger partial charge in [0.15, 0.2) is 0 Å². The van der Waals surface area contributed by atoms with Gasteiger partial charge in [0.1, 0.15) is 5.75 Å².